The topological polar surface area (TPSA) is 64.2 Å². The van der Waals surface area contributed by atoms with Crippen molar-refractivity contribution < 1.29 is 9.21 Å². The Balaban J connectivity index is 2.01. The van der Waals surface area contributed by atoms with Crippen LogP contribution in [0.25, 0.3) is 11.1 Å². The molecule has 1 amide bonds. The normalized spacial score (nSPS) is 10.8. The molecular formula is C16H14N2O3. The van der Waals surface area contributed by atoms with Crippen LogP contribution < -0.4 is 11.1 Å². The maximum atomic E-state index is 12.2. The van der Waals surface area contributed by atoms with Crippen molar-refractivity contribution in [1.29, 1.82) is 0 Å². The van der Waals surface area contributed by atoms with Gasteiger partial charge in [0.25, 0.3) is 5.91 Å². The Morgan fingerprint density at radius 1 is 1.19 bits per heavy atom. The number of oxazole rings is 1. The first kappa shape index (κ1) is 13.2. The molecule has 0 radical (unpaired) electrons. The van der Waals surface area contributed by atoms with Crippen molar-refractivity contribution in [3.63, 3.8) is 0 Å². The molecule has 5 nitrogen and oxygen atoms in total. The number of carbonyl (C=O) groups is 1. The molecule has 1 heterocycles. The van der Waals surface area contributed by atoms with E-state index in [1.165, 1.54) is 4.57 Å². The monoisotopic (exact) mass is 282 g/mol. The minimum absolute atomic E-state index is 0.188. The van der Waals surface area contributed by atoms with Crippen molar-refractivity contribution in [3.05, 3.63) is 64.1 Å². The maximum Gasteiger partial charge on any atom is 0.419 e. The second kappa shape index (κ2) is 4.94. The van der Waals surface area contributed by atoms with Gasteiger partial charge in [-0.15, -0.1) is 0 Å². The molecule has 1 aromatic heterocycles. The number of aryl methyl sites for hydroxylation is 2. The molecule has 106 valence electrons. The number of hydrogen-bond donors (Lipinski definition) is 1. The van der Waals surface area contributed by atoms with Crippen molar-refractivity contribution >= 4 is 22.7 Å². The fourth-order valence-electron chi connectivity index (χ4n) is 2.19. The molecule has 0 atom stereocenters. The Morgan fingerprint density at radius 3 is 2.62 bits per heavy atom. The largest absolute Gasteiger partial charge is 0.419 e. The van der Waals surface area contributed by atoms with Crippen LogP contribution in [0, 0.1) is 6.92 Å². The number of rotatable bonds is 2. The fraction of sp³-hybridized carbons (Fsp3) is 0.125. The van der Waals surface area contributed by atoms with Crippen LogP contribution in [0.15, 0.2) is 51.7 Å². The zero-order valence-electron chi connectivity index (χ0n) is 11.7. The number of hydrogen-bond acceptors (Lipinski definition) is 3. The lowest BCUT2D eigenvalue weighted by Crippen LogP contribution is -2.13. The molecule has 0 aliphatic rings. The summed E-state index contributed by atoms with van der Waals surface area (Å²) in [5, 5.41) is 2.86. The molecular weight excluding hydrogens is 268 g/mol. The van der Waals surface area contributed by atoms with Crippen LogP contribution in [0.4, 0.5) is 5.69 Å². The SMILES string of the molecule is Cc1cc2oc(=O)n(C)c2cc1NC(=O)c1ccccc1. The zero-order valence-corrected chi connectivity index (χ0v) is 11.7. The van der Waals surface area contributed by atoms with Gasteiger partial charge >= 0.3 is 5.76 Å². The Bertz CT molecular complexity index is 876. The molecule has 0 aliphatic carbocycles. The summed E-state index contributed by atoms with van der Waals surface area (Å²) >= 11 is 0. The lowest BCUT2D eigenvalue weighted by Gasteiger charge is -2.08. The van der Waals surface area contributed by atoms with Gasteiger partial charge in [-0.05, 0) is 36.8 Å². The van der Waals surface area contributed by atoms with Crippen LogP contribution in [0.5, 0.6) is 0 Å². The van der Waals surface area contributed by atoms with E-state index in [-0.39, 0.29) is 5.91 Å². The molecule has 0 aliphatic heterocycles. The van der Waals surface area contributed by atoms with Gasteiger partial charge in [0.2, 0.25) is 0 Å². The van der Waals surface area contributed by atoms with Gasteiger partial charge in [0, 0.05) is 18.3 Å². The van der Waals surface area contributed by atoms with E-state index < -0.39 is 5.76 Å². The van der Waals surface area contributed by atoms with Crippen molar-refractivity contribution in [3.8, 4) is 0 Å². The van der Waals surface area contributed by atoms with Gasteiger partial charge in [-0.25, -0.2) is 4.79 Å². The average molecular weight is 282 g/mol. The summed E-state index contributed by atoms with van der Waals surface area (Å²) in [4.78, 5) is 23.7. The molecule has 3 rings (SSSR count). The van der Waals surface area contributed by atoms with Crippen LogP contribution in [0.2, 0.25) is 0 Å². The van der Waals surface area contributed by atoms with Crippen LogP contribution in [0.3, 0.4) is 0 Å². The van der Waals surface area contributed by atoms with Gasteiger partial charge in [0.05, 0.1) is 5.52 Å². The third-order valence-corrected chi connectivity index (χ3v) is 3.42. The van der Waals surface area contributed by atoms with Crippen LogP contribution in [-0.2, 0) is 7.05 Å². The smallest absolute Gasteiger partial charge is 0.408 e. The first-order chi connectivity index (χ1) is 10.1. The number of fused-ring (bicyclic) bond motifs is 1. The predicted molar refractivity (Wildman–Crippen MR) is 80.6 cm³/mol. The molecule has 3 aromatic rings. The van der Waals surface area contributed by atoms with Gasteiger partial charge in [0.1, 0.15) is 0 Å². The minimum atomic E-state index is -0.420. The van der Waals surface area contributed by atoms with Crippen molar-refractivity contribution in [1.82, 2.24) is 4.57 Å². The van der Waals surface area contributed by atoms with Crippen molar-refractivity contribution in [2.45, 2.75) is 6.92 Å². The molecule has 1 N–H and O–H groups in total. The maximum absolute atomic E-state index is 12.2. The van der Waals surface area contributed by atoms with E-state index in [4.69, 9.17) is 4.42 Å². The number of aromatic nitrogens is 1. The van der Waals surface area contributed by atoms with E-state index in [1.807, 2.05) is 25.1 Å². The first-order valence-electron chi connectivity index (χ1n) is 6.53. The summed E-state index contributed by atoms with van der Waals surface area (Å²) in [6.45, 7) is 1.85. The van der Waals surface area contributed by atoms with Gasteiger partial charge < -0.3 is 9.73 Å². The number of nitrogens with zero attached hydrogens (tertiary/aromatic N) is 1. The van der Waals surface area contributed by atoms with Crippen LogP contribution in [-0.4, -0.2) is 10.5 Å². The number of carbonyl (C=O) groups excluding carboxylic acids is 1. The highest BCUT2D eigenvalue weighted by Crippen LogP contribution is 2.23. The summed E-state index contributed by atoms with van der Waals surface area (Å²) in [6.07, 6.45) is 0. The zero-order chi connectivity index (χ0) is 15.0. The molecule has 0 bridgehead atoms. The number of benzene rings is 2. The lowest BCUT2D eigenvalue weighted by atomic mass is 10.1. The van der Waals surface area contributed by atoms with E-state index in [0.29, 0.717) is 22.4 Å². The molecule has 0 spiro atoms. The van der Waals surface area contributed by atoms with Gasteiger partial charge in [0.15, 0.2) is 5.58 Å². The van der Waals surface area contributed by atoms with Gasteiger partial charge in [-0.1, -0.05) is 18.2 Å². The average Bonchev–Trinajstić information content (AvgIpc) is 2.75. The number of anilines is 1. The highest BCUT2D eigenvalue weighted by Gasteiger charge is 2.12. The van der Waals surface area contributed by atoms with Gasteiger partial charge in [-0.3, -0.25) is 9.36 Å². The Morgan fingerprint density at radius 2 is 1.90 bits per heavy atom. The second-order valence-electron chi connectivity index (χ2n) is 4.88. The first-order valence-corrected chi connectivity index (χ1v) is 6.53. The molecule has 0 saturated carbocycles. The second-order valence-corrected chi connectivity index (χ2v) is 4.88. The third-order valence-electron chi connectivity index (χ3n) is 3.42. The van der Waals surface area contributed by atoms with E-state index in [2.05, 4.69) is 5.32 Å². The highest BCUT2D eigenvalue weighted by molar-refractivity contribution is 6.05. The molecule has 5 heteroatoms. The van der Waals surface area contributed by atoms with E-state index in [9.17, 15) is 9.59 Å². The Kier molecular flexibility index (Phi) is 3.10. The molecule has 0 unspecified atom stereocenters. The lowest BCUT2D eigenvalue weighted by molar-refractivity contribution is 0.102. The molecule has 2 aromatic carbocycles. The molecule has 0 saturated heterocycles. The van der Waals surface area contributed by atoms with E-state index in [0.717, 1.165) is 5.56 Å². The summed E-state index contributed by atoms with van der Waals surface area (Å²) < 4.78 is 6.53. The fourth-order valence-corrected chi connectivity index (χ4v) is 2.19. The van der Waals surface area contributed by atoms with Crippen molar-refractivity contribution in [2.75, 3.05) is 5.32 Å². The summed E-state index contributed by atoms with van der Waals surface area (Å²) in [5.74, 6) is -0.609. The van der Waals surface area contributed by atoms with E-state index in [1.54, 1.807) is 31.3 Å². The third kappa shape index (κ3) is 2.33. The van der Waals surface area contributed by atoms with Crippen LogP contribution in [0.1, 0.15) is 15.9 Å². The van der Waals surface area contributed by atoms with Gasteiger partial charge in [-0.2, -0.15) is 0 Å². The quantitative estimate of drug-likeness (QED) is 0.786. The summed E-state index contributed by atoms with van der Waals surface area (Å²) in [6, 6.07) is 12.5. The molecule has 21 heavy (non-hydrogen) atoms. The summed E-state index contributed by atoms with van der Waals surface area (Å²) in [5.41, 5.74) is 3.23. The van der Waals surface area contributed by atoms with E-state index >= 15 is 0 Å². The predicted octanol–water partition coefficient (Wildman–Crippen LogP) is 2.69. The summed E-state index contributed by atoms with van der Waals surface area (Å²) in [7, 11) is 1.63. The minimum Gasteiger partial charge on any atom is -0.408 e. The number of amides is 1. The number of nitrogens with one attached hydrogen (secondary N) is 1. The highest BCUT2D eigenvalue weighted by atomic mass is 16.4. The Hall–Kier alpha value is -2.82. The van der Waals surface area contributed by atoms with Crippen molar-refractivity contribution in [2.24, 2.45) is 7.05 Å². The van der Waals surface area contributed by atoms with Crippen LogP contribution >= 0.6 is 0 Å². The standard InChI is InChI=1S/C16H14N2O3/c1-10-8-14-13(18(2)16(20)21-14)9-12(10)17-15(19)11-6-4-3-5-7-11/h3-9H,1-2H3,(H,17,19). The Labute approximate surface area is 120 Å². The molecule has 0 fully saturated rings.